The van der Waals surface area contributed by atoms with Crippen molar-refractivity contribution in [3.05, 3.63) is 0 Å². The predicted molar refractivity (Wildman–Crippen MR) is 154 cm³/mol. The van der Waals surface area contributed by atoms with Crippen LogP contribution in [0.3, 0.4) is 0 Å². The Hall–Kier alpha value is 0.388. The SMILES string of the molecule is CO[Si](CCCCC[Si](OC)(OC)OC)(OC)OC.CO[Si](CCCCC[Si](OC)(OC)OC)(OC)OC. The average Bonchev–Trinajstić information content (AvgIpc) is 2.98. The Morgan fingerprint density at radius 1 is 0.237 bits per heavy atom. The lowest BCUT2D eigenvalue weighted by Gasteiger charge is -2.25. The first-order valence-corrected chi connectivity index (χ1v) is 20.5. The monoisotopic (exact) mass is 624 g/mol. The van der Waals surface area contributed by atoms with E-state index in [4.69, 9.17) is 53.1 Å². The molecule has 0 N–H and O–H groups in total. The third-order valence-electron chi connectivity index (χ3n) is 6.66. The molecular weight excluding hydrogens is 569 g/mol. The molecule has 0 rings (SSSR count). The molecule has 0 aliphatic heterocycles. The summed E-state index contributed by atoms with van der Waals surface area (Å²) in [6.07, 6.45) is 6.03. The van der Waals surface area contributed by atoms with Gasteiger partial charge in [-0.25, -0.2) is 0 Å². The van der Waals surface area contributed by atoms with Crippen LogP contribution < -0.4 is 0 Å². The van der Waals surface area contributed by atoms with Gasteiger partial charge in [0.05, 0.1) is 0 Å². The summed E-state index contributed by atoms with van der Waals surface area (Å²) < 4.78 is 64.5. The van der Waals surface area contributed by atoms with Gasteiger partial charge >= 0.3 is 35.2 Å². The van der Waals surface area contributed by atoms with Crippen LogP contribution in [0.5, 0.6) is 0 Å². The van der Waals surface area contributed by atoms with Gasteiger partial charge in [0, 0.05) is 109 Å². The third kappa shape index (κ3) is 14.3. The van der Waals surface area contributed by atoms with Crippen molar-refractivity contribution in [3.63, 3.8) is 0 Å². The lowest BCUT2D eigenvalue weighted by Crippen LogP contribution is -2.43. The maximum absolute atomic E-state index is 5.38. The van der Waals surface area contributed by atoms with E-state index in [0.717, 1.165) is 62.7 Å². The van der Waals surface area contributed by atoms with Crippen LogP contribution in [0.25, 0.3) is 0 Å². The van der Waals surface area contributed by atoms with Crippen LogP contribution in [0.4, 0.5) is 0 Å². The van der Waals surface area contributed by atoms with E-state index in [0.29, 0.717) is 0 Å². The van der Waals surface area contributed by atoms with E-state index in [-0.39, 0.29) is 0 Å². The first-order chi connectivity index (χ1) is 18.1. The fraction of sp³-hybridized carbons (Fsp3) is 1.00. The maximum atomic E-state index is 5.38. The molecule has 232 valence electrons. The third-order valence-corrected chi connectivity index (χ3v) is 18.0. The van der Waals surface area contributed by atoms with Crippen LogP contribution in [0, 0.1) is 0 Å². The number of unbranched alkanes of at least 4 members (excludes halogenated alkanes) is 4. The molecule has 38 heavy (non-hydrogen) atoms. The van der Waals surface area contributed by atoms with Crippen molar-refractivity contribution in [1.82, 2.24) is 0 Å². The van der Waals surface area contributed by atoms with E-state index >= 15 is 0 Å². The minimum absolute atomic E-state index is 0.817. The molecule has 0 spiro atoms. The quantitative estimate of drug-likeness (QED) is 0.115. The highest BCUT2D eigenvalue weighted by Crippen LogP contribution is 2.22. The number of hydrogen-bond acceptors (Lipinski definition) is 12. The molecule has 0 aliphatic carbocycles. The Morgan fingerprint density at radius 2 is 0.368 bits per heavy atom. The molecule has 0 atom stereocenters. The Bertz CT molecular complexity index is 411. The zero-order chi connectivity index (χ0) is 29.6. The number of hydrogen-bond donors (Lipinski definition) is 0. The van der Waals surface area contributed by atoms with Crippen LogP contribution in [0.2, 0.25) is 24.2 Å². The molecule has 0 aliphatic rings. The summed E-state index contributed by atoms with van der Waals surface area (Å²) in [6, 6.07) is 3.27. The minimum atomic E-state index is -2.42. The molecule has 0 bridgehead atoms. The molecular formula is C22H56O12Si4. The maximum Gasteiger partial charge on any atom is 0.500 e. The van der Waals surface area contributed by atoms with Gasteiger partial charge in [-0.3, -0.25) is 0 Å². The molecule has 0 saturated carbocycles. The van der Waals surface area contributed by atoms with Gasteiger partial charge in [0.15, 0.2) is 0 Å². The summed E-state index contributed by atoms with van der Waals surface area (Å²) in [7, 11) is 9.96. The van der Waals surface area contributed by atoms with E-state index in [1.807, 2.05) is 0 Å². The Kier molecular flexibility index (Phi) is 24.5. The first kappa shape index (κ1) is 40.5. The Labute approximate surface area is 236 Å². The molecule has 0 saturated heterocycles. The molecule has 0 fully saturated rings. The second kappa shape index (κ2) is 23.0. The first-order valence-electron chi connectivity index (χ1n) is 12.8. The highest BCUT2D eigenvalue weighted by Gasteiger charge is 2.40. The van der Waals surface area contributed by atoms with E-state index in [2.05, 4.69) is 0 Å². The van der Waals surface area contributed by atoms with Crippen molar-refractivity contribution in [2.45, 2.75) is 62.7 Å². The van der Waals surface area contributed by atoms with E-state index < -0.39 is 35.2 Å². The fourth-order valence-electron chi connectivity index (χ4n) is 3.94. The zero-order valence-electron chi connectivity index (χ0n) is 26.0. The summed E-state index contributed by atoms with van der Waals surface area (Å²) in [6.45, 7) is 0. The standard InChI is InChI=1S/2C11H28O6Si2/c2*1-12-18(13-2,14-3)10-8-7-9-11-19(15-4,16-5)17-6/h2*7-11H2,1-6H3. The van der Waals surface area contributed by atoms with Crippen molar-refractivity contribution in [3.8, 4) is 0 Å². The Balaban J connectivity index is 0. The highest BCUT2D eigenvalue weighted by atomic mass is 28.4. The van der Waals surface area contributed by atoms with Gasteiger partial charge in [-0.05, 0) is 25.7 Å². The lowest BCUT2D eigenvalue weighted by atomic mass is 10.3. The molecule has 0 aromatic rings. The van der Waals surface area contributed by atoms with E-state index in [9.17, 15) is 0 Å². The topological polar surface area (TPSA) is 111 Å². The van der Waals surface area contributed by atoms with Crippen LogP contribution >= 0.6 is 0 Å². The zero-order valence-corrected chi connectivity index (χ0v) is 30.0. The summed E-state index contributed by atoms with van der Waals surface area (Å²) in [5.41, 5.74) is 0. The second-order valence-corrected chi connectivity index (χ2v) is 20.7. The van der Waals surface area contributed by atoms with Crippen molar-refractivity contribution in [2.24, 2.45) is 0 Å². The molecule has 0 heterocycles. The predicted octanol–water partition coefficient (Wildman–Crippen LogP) is 3.83. The second-order valence-electron chi connectivity index (χ2n) is 8.30. The van der Waals surface area contributed by atoms with Gasteiger partial charge < -0.3 is 53.1 Å². The molecule has 0 amide bonds. The summed E-state index contributed by atoms with van der Waals surface area (Å²) in [4.78, 5) is 0. The Morgan fingerprint density at radius 3 is 0.474 bits per heavy atom. The van der Waals surface area contributed by atoms with Crippen LogP contribution in [0.1, 0.15) is 38.5 Å². The lowest BCUT2D eigenvalue weighted by molar-refractivity contribution is 0.120. The van der Waals surface area contributed by atoms with Gasteiger partial charge in [0.2, 0.25) is 0 Å². The van der Waals surface area contributed by atoms with Crippen LogP contribution in [0.15, 0.2) is 0 Å². The molecule has 0 unspecified atom stereocenters. The number of rotatable bonds is 24. The molecule has 0 aromatic carbocycles. The molecule has 12 nitrogen and oxygen atoms in total. The fourth-order valence-corrected chi connectivity index (χ4v) is 11.1. The van der Waals surface area contributed by atoms with Gasteiger partial charge in [-0.15, -0.1) is 0 Å². The van der Waals surface area contributed by atoms with Crippen LogP contribution in [-0.2, 0) is 53.1 Å². The van der Waals surface area contributed by atoms with Gasteiger partial charge in [-0.1, -0.05) is 12.8 Å². The van der Waals surface area contributed by atoms with Crippen LogP contribution in [-0.4, -0.2) is 121 Å². The smallest absolute Gasteiger partial charge is 0.377 e. The summed E-state index contributed by atoms with van der Waals surface area (Å²) in [5.74, 6) is 0. The largest absolute Gasteiger partial charge is 0.500 e. The minimum Gasteiger partial charge on any atom is -0.377 e. The summed E-state index contributed by atoms with van der Waals surface area (Å²) >= 11 is 0. The average molecular weight is 625 g/mol. The van der Waals surface area contributed by atoms with Gasteiger partial charge in [0.1, 0.15) is 0 Å². The van der Waals surface area contributed by atoms with Crippen molar-refractivity contribution < 1.29 is 53.1 Å². The highest BCUT2D eigenvalue weighted by molar-refractivity contribution is 6.61. The van der Waals surface area contributed by atoms with Crippen molar-refractivity contribution >= 4 is 35.2 Å². The van der Waals surface area contributed by atoms with E-state index in [1.54, 1.807) is 85.3 Å². The summed E-state index contributed by atoms with van der Waals surface area (Å²) in [5, 5.41) is 0. The molecule has 0 radical (unpaired) electrons. The van der Waals surface area contributed by atoms with Gasteiger partial charge in [0.25, 0.3) is 0 Å². The molecule has 0 aromatic heterocycles. The van der Waals surface area contributed by atoms with E-state index in [1.165, 1.54) is 0 Å². The van der Waals surface area contributed by atoms with Crippen molar-refractivity contribution in [1.29, 1.82) is 0 Å². The van der Waals surface area contributed by atoms with Crippen molar-refractivity contribution in [2.75, 3.05) is 85.3 Å². The normalized spacial score (nSPS) is 12.9. The van der Waals surface area contributed by atoms with Gasteiger partial charge in [-0.2, -0.15) is 0 Å². The molecule has 16 heteroatoms.